The van der Waals surface area contributed by atoms with E-state index in [1.807, 2.05) is 6.07 Å². The molecule has 0 aromatic carbocycles. The number of hydrogen-bond donors (Lipinski definition) is 1. The summed E-state index contributed by atoms with van der Waals surface area (Å²) in [6.07, 6.45) is 1.60. The SMILES string of the molecule is CN(C)CCNCCn1nnc(-c2ccco2)n1. The largest absolute Gasteiger partial charge is 0.461 e. The van der Waals surface area contributed by atoms with Gasteiger partial charge in [0.15, 0.2) is 5.76 Å². The average Bonchev–Trinajstić information content (AvgIpc) is 2.98. The molecular formula is C11H18N6O. The Kier molecular flexibility index (Phi) is 4.43. The van der Waals surface area contributed by atoms with Crippen molar-refractivity contribution in [3.63, 3.8) is 0 Å². The van der Waals surface area contributed by atoms with Crippen LogP contribution in [-0.2, 0) is 6.54 Å². The van der Waals surface area contributed by atoms with Crippen LogP contribution >= 0.6 is 0 Å². The fraction of sp³-hybridized carbons (Fsp3) is 0.545. The summed E-state index contributed by atoms with van der Waals surface area (Å²) in [7, 11) is 4.10. The van der Waals surface area contributed by atoms with Crippen molar-refractivity contribution >= 4 is 0 Å². The predicted molar refractivity (Wildman–Crippen MR) is 66.9 cm³/mol. The normalized spacial score (nSPS) is 11.3. The third kappa shape index (κ3) is 3.64. The van der Waals surface area contributed by atoms with Gasteiger partial charge in [-0.25, -0.2) is 0 Å². The molecule has 0 bridgehead atoms. The smallest absolute Gasteiger partial charge is 0.240 e. The summed E-state index contributed by atoms with van der Waals surface area (Å²) in [4.78, 5) is 3.70. The van der Waals surface area contributed by atoms with E-state index in [0.29, 0.717) is 18.1 Å². The van der Waals surface area contributed by atoms with Gasteiger partial charge in [0.2, 0.25) is 5.82 Å². The van der Waals surface area contributed by atoms with E-state index < -0.39 is 0 Å². The molecular weight excluding hydrogens is 232 g/mol. The van der Waals surface area contributed by atoms with Gasteiger partial charge in [0.1, 0.15) is 0 Å². The van der Waals surface area contributed by atoms with Crippen LogP contribution in [0.3, 0.4) is 0 Å². The Morgan fingerprint density at radius 1 is 1.39 bits per heavy atom. The minimum absolute atomic E-state index is 0.522. The van der Waals surface area contributed by atoms with Gasteiger partial charge < -0.3 is 14.6 Å². The molecule has 98 valence electrons. The Labute approximate surface area is 106 Å². The maximum absolute atomic E-state index is 5.20. The number of nitrogens with one attached hydrogen (secondary N) is 1. The van der Waals surface area contributed by atoms with Gasteiger partial charge >= 0.3 is 0 Å². The number of tetrazole rings is 1. The van der Waals surface area contributed by atoms with E-state index in [4.69, 9.17) is 4.42 Å². The van der Waals surface area contributed by atoms with Gasteiger partial charge in [-0.1, -0.05) is 0 Å². The van der Waals surface area contributed by atoms with Crippen LogP contribution in [0.4, 0.5) is 0 Å². The zero-order valence-electron chi connectivity index (χ0n) is 10.7. The maximum Gasteiger partial charge on any atom is 0.240 e. The molecule has 0 aliphatic heterocycles. The molecule has 0 amide bonds. The first-order valence-corrected chi connectivity index (χ1v) is 5.93. The van der Waals surface area contributed by atoms with Crippen molar-refractivity contribution in [2.24, 2.45) is 0 Å². The number of rotatable bonds is 7. The standard InChI is InChI=1S/C11H18N6O/c1-16(2)7-5-12-6-8-17-14-11(13-15-17)10-4-3-9-18-10/h3-4,9,12H,5-8H2,1-2H3. The molecule has 2 aromatic rings. The second-order valence-electron chi connectivity index (χ2n) is 4.24. The highest BCUT2D eigenvalue weighted by atomic mass is 16.3. The minimum Gasteiger partial charge on any atom is -0.461 e. The quantitative estimate of drug-likeness (QED) is 0.702. The van der Waals surface area contributed by atoms with Crippen molar-refractivity contribution in [2.75, 3.05) is 33.7 Å². The molecule has 7 nitrogen and oxygen atoms in total. The van der Waals surface area contributed by atoms with Crippen LogP contribution in [0.5, 0.6) is 0 Å². The zero-order valence-corrected chi connectivity index (χ0v) is 10.7. The predicted octanol–water partition coefficient (Wildman–Crippen LogP) is 0.0843. The fourth-order valence-electron chi connectivity index (χ4n) is 1.45. The first kappa shape index (κ1) is 12.7. The Bertz CT molecular complexity index is 450. The summed E-state index contributed by atoms with van der Waals surface area (Å²) < 4.78 is 5.20. The van der Waals surface area contributed by atoms with Crippen LogP contribution in [0, 0.1) is 0 Å². The van der Waals surface area contributed by atoms with Crippen LogP contribution in [0.25, 0.3) is 11.6 Å². The highest BCUT2D eigenvalue weighted by Crippen LogP contribution is 2.12. The molecule has 0 radical (unpaired) electrons. The van der Waals surface area contributed by atoms with Crippen molar-refractivity contribution < 1.29 is 4.42 Å². The van der Waals surface area contributed by atoms with Gasteiger partial charge in [-0.05, 0) is 31.4 Å². The lowest BCUT2D eigenvalue weighted by molar-refractivity contribution is 0.392. The first-order valence-electron chi connectivity index (χ1n) is 5.93. The van der Waals surface area contributed by atoms with Crippen LogP contribution in [0.15, 0.2) is 22.8 Å². The van der Waals surface area contributed by atoms with E-state index in [-0.39, 0.29) is 0 Å². The summed E-state index contributed by atoms with van der Waals surface area (Å²) in [6.45, 7) is 3.48. The second-order valence-corrected chi connectivity index (χ2v) is 4.24. The summed E-state index contributed by atoms with van der Waals surface area (Å²) >= 11 is 0. The van der Waals surface area contributed by atoms with Gasteiger partial charge in [0, 0.05) is 19.6 Å². The third-order valence-corrected chi connectivity index (χ3v) is 2.42. The molecule has 0 saturated carbocycles. The lowest BCUT2D eigenvalue weighted by Crippen LogP contribution is -2.29. The number of furan rings is 1. The Morgan fingerprint density at radius 3 is 3.00 bits per heavy atom. The van der Waals surface area contributed by atoms with Crippen LogP contribution in [0.1, 0.15) is 0 Å². The van der Waals surface area contributed by atoms with Crippen molar-refractivity contribution in [1.82, 2.24) is 30.4 Å². The van der Waals surface area contributed by atoms with E-state index in [0.717, 1.165) is 19.6 Å². The highest BCUT2D eigenvalue weighted by Gasteiger charge is 2.07. The maximum atomic E-state index is 5.20. The number of nitrogens with zero attached hydrogens (tertiary/aromatic N) is 5. The third-order valence-electron chi connectivity index (χ3n) is 2.42. The van der Waals surface area contributed by atoms with E-state index in [9.17, 15) is 0 Å². The van der Waals surface area contributed by atoms with E-state index in [1.165, 1.54) is 0 Å². The molecule has 18 heavy (non-hydrogen) atoms. The van der Waals surface area contributed by atoms with E-state index in [1.54, 1.807) is 17.1 Å². The van der Waals surface area contributed by atoms with Crippen molar-refractivity contribution in [1.29, 1.82) is 0 Å². The molecule has 2 rings (SSSR count). The van der Waals surface area contributed by atoms with Crippen molar-refractivity contribution in [2.45, 2.75) is 6.54 Å². The number of aromatic nitrogens is 4. The zero-order chi connectivity index (χ0) is 12.8. The summed E-state index contributed by atoms with van der Waals surface area (Å²) in [5.74, 6) is 1.16. The Hall–Kier alpha value is -1.73. The van der Waals surface area contributed by atoms with Crippen molar-refractivity contribution in [3.8, 4) is 11.6 Å². The fourth-order valence-corrected chi connectivity index (χ4v) is 1.45. The number of hydrogen-bond acceptors (Lipinski definition) is 6. The van der Waals surface area contributed by atoms with Gasteiger partial charge in [0.25, 0.3) is 0 Å². The van der Waals surface area contributed by atoms with Crippen LogP contribution in [-0.4, -0.2) is 58.8 Å². The molecule has 7 heteroatoms. The average molecular weight is 250 g/mol. The lowest BCUT2D eigenvalue weighted by Gasteiger charge is -2.09. The van der Waals surface area contributed by atoms with Gasteiger partial charge in [-0.3, -0.25) is 0 Å². The van der Waals surface area contributed by atoms with Crippen LogP contribution < -0.4 is 5.32 Å². The van der Waals surface area contributed by atoms with Crippen LogP contribution in [0.2, 0.25) is 0 Å². The summed E-state index contributed by atoms with van der Waals surface area (Å²) in [5.41, 5.74) is 0. The molecule has 0 aliphatic rings. The van der Waals surface area contributed by atoms with Crippen molar-refractivity contribution in [3.05, 3.63) is 18.4 Å². The Balaban J connectivity index is 1.74. The van der Waals surface area contributed by atoms with Gasteiger partial charge in [0.05, 0.1) is 12.8 Å². The molecule has 0 fully saturated rings. The number of likely N-dealkylation sites (N-methyl/N-ethyl adjacent to an activating group) is 1. The molecule has 1 N–H and O–H groups in total. The van der Waals surface area contributed by atoms with Gasteiger partial charge in [-0.2, -0.15) is 4.80 Å². The molecule has 0 unspecified atom stereocenters. The monoisotopic (exact) mass is 250 g/mol. The van der Waals surface area contributed by atoms with E-state index >= 15 is 0 Å². The minimum atomic E-state index is 0.522. The lowest BCUT2D eigenvalue weighted by atomic mass is 10.4. The Morgan fingerprint density at radius 2 is 2.28 bits per heavy atom. The highest BCUT2D eigenvalue weighted by molar-refractivity contribution is 5.43. The molecule has 0 spiro atoms. The van der Waals surface area contributed by atoms with E-state index in [2.05, 4.69) is 39.7 Å². The molecule has 0 atom stereocenters. The molecule has 0 aliphatic carbocycles. The summed E-state index contributed by atoms with van der Waals surface area (Å²) in [6, 6.07) is 3.62. The second kappa shape index (κ2) is 6.27. The summed E-state index contributed by atoms with van der Waals surface area (Å²) in [5, 5.41) is 15.5. The molecule has 2 aromatic heterocycles. The first-order chi connectivity index (χ1) is 8.75. The van der Waals surface area contributed by atoms with Gasteiger partial charge in [-0.15, -0.1) is 10.2 Å². The molecule has 2 heterocycles. The molecule has 0 saturated heterocycles. The topological polar surface area (TPSA) is 72.0 Å².